The van der Waals surface area contributed by atoms with Crippen molar-refractivity contribution < 1.29 is 18.7 Å². The van der Waals surface area contributed by atoms with Crippen molar-refractivity contribution in [2.45, 2.75) is 16.7 Å². The van der Waals surface area contributed by atoms with E-state index in [9.17, 15) is 14.0 Å². The Morgan fingerprint density at radius 3 is 2.77 bits per heavy atom. The molecule has 2 amide bonds. The fourth-order valence-electron chi connectivity index (χ4n) is 2.13. The van der Waals surface area contributed by atoms with Gasteiger partial charge in [0.1, 0.15) is 9.55 Å². The molecule has 0 unspecified atom stereocenters. The van der Waals surface area contributed by atoms with E-state index in [1.54, 1.807) is 13.0 Å². The molecular formula is C14H13Br2FN2O3. The first-order chi connectivity index (χ1) is 10.4. The van der Waals surface area contributed by atoms with Crippen LogP contribution in [0.25, 0.3) is 0 Å². The van der Waals surface area contributed by atoms with Gasteiger partial charge in [0, 0.05) is 0 Å². The van der Waals surface area contributed by atoms with Crippen LogP contribution in [-0.4, -0.2) is 22.3 Å². The summed E-state index contributed by atoms with van der Waals surface area (Å²) in [7, 11) is 0. The highest BCUT2D eigenvalue weighted by Gasteiger charge is 2.35. The zero-order valence-corrected chi connectivity index (χ0v) is 14.7. The van der Waals surface area contributed by atoms with Crippen molar-refractivity contribution in [2.75, 3.05) is 6.61 Å². The van der Waals surface area contributed by atoms with Gasteiger partial charge in [-0.1, -0.05) is 44.0 Å². The van der Waals surface area contributed by atoms with Crippen LogP contribution in [0.4, 0.5) is 9.18 Å². The molecule has 118 valence electrons. The molecule has 0 spiro atoms. The smallest absolute Gasteiger partial charge is 0.338 e. The average molecular weight is 436 g/mol. The van der Waals surface area contributed by atoms with E-state index in [0.29, 0.717) is 11.3 Å². The number of rotatable bonds is 4. The Balaban J connectivity index is 2.55. The number of benzene rings is 1. The third-order valence-electron chi connectivity index (χ3n) is 3.00. The van der Waals surface area contributed by atoms with Crippen molar-refractivity contribution in [3.8, 4) is 0 Å². The Bertz CT molecular complexity index is 634. The molecule has 5 nitrogen and oxygen atoms in total. The SMILES string of the molecule is CCOC(=O)C1=C(C(Br)Br)NC(=O)N[C@@H]1c1cccc(F)c1. The predicted octanol–water partition coefficient (Wildman–Crippen LogP) is 3.11. The minimum atomic E-state index is -0.795. The highest BCUT2D eigenvalue weighted by molar-refractivity contribution is 9.24. The summed E-state index contributed by atoms with van der Waals surface area (Å²) in [5.74, 6) is -1.03. The van der Waals surface area contributed by atoms with E-state index in [1.807, 2.05) is 0 Å². The molecule has 1 heterocycles. The lowest BCUT2D eigenvalue weighted by Crippen LogP contribution is -2.47. The van der Waals surface area contributed by atoms with Gasteiger partial charge in [-0.3, -0.25) is 0 Å². The summed E-state index contributed by atoms with van der Waals surface area (Å²) in [5, 5.41) is 5.18. The number of nitrogens with one attached hydrogen (secondary N) is 2. The molecule has 0 saturated heterocycles. The summed E-state index contributed by atoms with van der Waals surface area (Å²) >= 11 is 6.54. The molecule has 2 rings (SSSR count). The number of urea groups is 1. The first-order valence-electron chi connectivity index (χ1n) is 6.46. The quantitative estimate of drug-likeness (QED) is 0.564. The van der Waals surface area contributed by atoms with Crippen LogP contribution in [0, 0.1) is 5.82 Å². The van der Waals surface area contributed by atoms with Crippen molar-refractivity contribution in [3.05, 3.63) is 46.9 Å². The summed E-state index contributed by atoms with van der Waals surface area (Å²) in [6.07, 6.45) is 0. The fraction of sp³-hybridized carbons (Fsp3) is 0.286. The second kappa shape index (κ2) is 7.23. The van der Waals surface area contributed by atoms with Crippen molar-refractivity contribution in [3.63, 3.8) is 0 Å². The standard InChI is InChI=1S/C14H13Br2FN2O3/c1-2-22-13(20)9-10(7-4-3-5-8(17)6-7)18-14(21)19-11(9)12(15)16/h3-6,10,12H,2H2,1H3,(H2,18,19,21)/t10-/m1/s1. The van der Waals surface area contributed by atoms with Crippen LogP contribution < -0.4 is 10.6 Å². The van der Waals surface area contributed by atoms with Gasteiger partial charge in [-0.05, 0) is 24.6 Å². The van der Waals surface area contributed by atoms with Crippen LogP contribution in [0.5, 0.6) is 0 Å². The molecule has 1 aromatic carbocycles. The lowest BCUT2D eigenvalue weighted by Gasteiger charge is -2.30. The molecule has 8 heteroatoms. The number of carbonyl (C=O) groups is 2. The maximum absolute atomic E-state index is 13.5. The van der Waals surface area contributed by atoms with Crippen LogP contribution in [-0.2, 0) is 9.53 Å². The number of alkyl halides is 2. The second-order valence-corrected chi connectivity index (χ2v) is 7.50. The van der Waals surface area contributed by atoms with Crippen molar-refractivity contribution in [1.29, 1.82) is 0 Å². The van der Waals surface area contributed by atoms with Gasteiger partial charge in [0.05, 0.1) is 23.9 Å². The number of hydrogen-bond donors (Lipinski definition) is 2. The van der Waals surface area contributed by atoms with E-state index >= 15 is 0 Å². The molecule has 0 fully saturated rings. The van der Waals surface area contributed by atoms with E-state index in [-0.39, 0.29) is 12.2 Å². The van der Waals surface area contributed by atoms with Crippen LogP contribution in [0.15, 0.2) is 35.5 Å². The van der Waals surface area contributed by atoms with E-state index in [0.717, 1.165) is 0 Å². The number of esters is 1. The van der Waals surface area contributed by atoms with Gasteiger partial charge in [-0.25, -0.2) is 14.0 Å². The molecule has 2 N–H and O–H groups in total. The van der Waals surface area contributed by atoms with Gasteiger partial charge in [0.25, 0.3) is 0 Å². The number of ether oxygens (including phenoxy) is 1. The zero-order valence-electron chi connectivity index (χ0n) is 11.5. The van der Waals surface area contributed by atoms with Crippen LogP contribution >= 0.6 is 31.9 Å². The van der Waals surface area contributed by atoms with E-state index in [4.69, 9.17) is 4.74 Å². The van der Waals surface area contributed by atoms with Crippen LogP contribution in [0.3, 0.4) is 0 Å². The first kappa shape index (κ1) is 17.0. The number of allylic oxidation sites excluding steroid dienone is 1. The average Bonchev–Trinajstić information content (AvgIpc) is 2.46. The largest absolute Gasteiger partial charge is 0.463 e. The third-order valence-corrected chi connectivity index (χ3v) is 3.91. The van der Waals surface area contributed by atoms with E-state index in [2.05, 4.69) is 42.5 Å². The van der Waals surface area contributed by atoms with Crippen molar-refractivity contribution >= 4 is 43.9 Å². The summed E-state index contributed by atoms with van der Waals surface area (Å²) in [6.45, 7) is 1.87. The molecule has 0 saturated carbocycles. The van der Waals surface area contributed by atoms with Crippen LogP contribution in [0.1, 0.15) is 18.5 Å². The predicted molar refractivity (Wildman–Crippen MR) is 86.1 cm³/mol. The Kier molecular flexibility index (Phi) is 5.57. The number of halogens is 3. The van der Waals surface area contributed by atoms with Gasteiger partial charge < -0.3 is 15.4 Å². The molecule has 1 atom stereocenters. The Morgan fingerprint density at radius 1 is 1.45 bits per heavy atom. The minimum Gasteiger partial charge on any atom is -0.463 e. The summed E-state index contributed by atoms with van der Waals surface area (Å²) < 4.78 is 18.1. The highest BCUT2D eigenvalue weighted by atomic mass is 79.9. The molecule has 0 aromatic heterocycles. The van der Waals surface area contributed by atoms with Gasteiger partial charge in [-0.2, -0.15) is 0 Å². The molecule has 1 aromatic rings. The van der Waals surface area contributed by atoms with E-state index < -0.39 is 27.6 Å². The van der Waals surface area contributed by atoms with Gasteiger partial charge >= 0.3 is 12.0 Å². The number of carbonyl (C=O) groups excluding carboxylic acids is 2. The third kappa shape index (κ3) is 3.67. The highest BCUT2D eigenvalue weighted by Crippen LogP contribution is 2.32. The second-order valence-electron chi connectivity index (χ2n) is 4.43. The Morgan fingerprint density at radius 2 is 2.18 bits per heavy atom. The molecule has 0 aliphatic carbocycles. The molecule has 0 bridgehead atoms. The van der Waals surface area contributed by atoms with Gasteiger partial charge in [-0.15, -0.1) is 0 Å². The Labute approximate surface area is 143 Å². The van der Waals surface area contributed by atoms with Gasteiger partial charge in [0.2, 0.25) is 0 Å². The number of amides is 2. The van der Waals surface area contributed by atoms with Crippen LogP contribution in [0.2, 0.25) is 0 Å². The zero-order chi connectivity index (χ0) is 16.3. The topological polar surface area (TPSA) is 67.4 Å². The van der Waals surface area contributed by atoms with Gasteiger partial charge in [0.15, 0.2) is 0 Å². The van der Waals surface area contributed by atoms with Crippen molar-refractivity contribution in [2.24, 2.45) is 0 Å². The molecule has 0 radical (unpaired) electrons. The maximum atomic E-state index is 13.5. The normalized spacial score (nSPS) is 18.0. The number of hydrogen-bond acceptors (Lipinski definition) is 3. The maximum Gasteiger partial charge on any atom is 0.338 e. The molecule has 1 aliphatic rings. The minimum absolute atomic E-state index is 0.189. The summed E-state index contributed by atoms with van der Waals surface area (Å²) in [4.78, 5) is 24.1. The van der Waals surface area contributed by atoms with E-state index in [1.165, 1.54) is 18.2 Å². The first-order valence-corrected chi connectivity index (χ1v) is 8.29. The lowest BCUT2D eigenvalue weighted by atomic mass is 9.95. The lowest BCUT2D eigenvalue weighted by molar-refractivity contribution is -0.139. The molecular weight excluding hydrogens is 423 g/mol. The Hall–Kier alpha value is -1.41. The summed E-state index contributed by atoms with van der Waals surface area (Å²) in [5.41, 5.74) is 0.998. The molecule has 1 aliphatic heterocycles. The molecule has 22 heavy (non-hydrogen) atoms. The fourth-order valence-corrected chi connectivity index (χ4v) is 2.85. The summed E-state index contributed by atoms with van der Waals surface area (Å²) in [6, 6.07) is 4.43. The van der Waals surface area contributed by atoms with Crippen molar-refractivity contribution in [1.82, 2.24) is 10.6 Å². The monoisotopic (exact) mass is 434 g/mol.